The fourth-order valence-electron chi connectivity index (χ4n) is 2.24. The van der Waals surface area contributed by atoms with Gasteiger partial charge in [0.1, 0.15) is 0 Å². The average molecular weight is 250 g/mol. The molecule has 80 valence electrons. The molecule has 0 amide bonds. The molecule has 13 heavy (non-hydrogen) atoms. The van der Waals surface area contributed by atoms with E-state index in [0.717, 1.165) is 6.04 Å². The maximum atomic E-state index is 2.67. The van der Waals surface area contributed by atoms with Crippen molar-refractivity contribution in [2.75, 3.05) is 13.1 Å². The predicted molar refractivity (Wildman–Crippen MR) is 64.7 cm³/mol. The standard InChI is InChI=1S/C11H23N.BrH/c1-3-5-8-11-9-6-7-10-12(11)4-2;/h11H,3-10H2,1-2H3;1H. The van der Waals surface area contributed by atoms with E-state index < -0.39 is 0 Å². The normalized spacial score (nSPS) is 24.0. The van der Waals surface area contributed by atoms with Crippen molar-refractivity contribution in [1.29, 1.82) is 0 Å². The average Bonchev–Trinajstić information content (AvgIpc) is 2.15. The molecule has 0 aliphatic carbocycles. The minimum absolute atomic E-state index is 0. The fourth-order valence-corrected chi connectivity index (χ4v) is 2.24. The van der Waals surface area contributed by atoms with E-state index in [9.17, 15) is 0 Å². The van der Waals surface area contributed by atoms with Crippen LogP contribution in [0.25, 0.3) is 0 Å². The molecule has 0 aromatic carbocycles. The van der Waals surface area contributed by atoms with Gasteiger partial charge in [-0.05, 0) is 32.4 Å². The third-order valence-corrected chi connectivity index (χ3v) is 3.05. The summed E-state index contributed by atoms with van der Waals surface area (Å²) < 4.78 is 0. The van der Waals surface area contributed by atoms with E-state index in [1.165, 1.54) is 51.6 Å². The molecule has 0 aromatic rings. The SMILES string of the molecule is Br.CCCCC1CCCCN1CC. The Hall–Kier alpha value is 0.440. The maximum Gasteiger partial charge on any atom is 0.00951 e. The van der Waals surface area contributed by atoms with E-state index >= 15 is 0 Å². The molecule has 0 spiro atoms. The van der Waals surface area contributed by atoms with Crippen LogP contribution in [0.2, 0.25) is 0 Å². The van der Waals surface area contributed by atoms with Crippen LogP contribution < -0.4 is 0 Å². The summed E-state index contributed by atoms with van der Waals surface area (Å²) >= 11 is 0. The molecule has 1 atom stereocenters. The second-order valence-corrected chi connectivity index (χ2v) is 3.92. The molecular formula is C11H24BrN. The Morgan fingerprint density at radius 1 is 1.23 bits per heavy atom. The van der Waals surface area contributed by atoms with Crippen molar-refractivity contribution in [3.63, 3.8) is 0 Å². The van der Waals surface area contributed by atoms with Crippen molar-refractivity contribution in [1.82, 2.24) is 4.90 Å². The highest BCUT2D eigenvalue weighted by Crippen LogP contribution is 2.20. The van der Waals surface area contributed by atoms with Gasteiger partial charge in [-0.2, -0.15) is 0 Å². The summed E-state index contributed by atoms with van der Waals surface area (Å²) in [6.45, 7) is 7.20. The van der Waals surface area contributed by atoms with Gasteiger partial charge < -0.3 is 4.90 Å². The van der Waals surface area contributed by atoms with Crippen LogP contribution in [-0.4, -0.2) is 24.0 Å². The minimum atomic E-state index is 0. The van der Waals surface area contributed by atoms with E-state index in [1.54, 1.807) is 0 Å². The first-order valence-electron chi connectivity index (χ1n) is 5.62. The van der Waals surface area contributed by atoms with Gasteiger partial charge in [0.15, 0.2) is 0 Å². The molecule has 0 saturated carbocycles. The van der Waals surface area contributed by atoms with E-state index in [4.69, 9.17) is 0 Å². The zero-order valence-corrected chi connectivity index (χ0v) is 10.8. The second-order valence-electron chi connectivity index (χ2n) is 3.92. The number of hydrogen-bond acceptors (Lipinski definition) is 1. The summed E-state index contributed by atoms with van der Waals surface area (Å²) in [5.74, 6) is 0. The number of nitrogens with zero attached hydrogens (tertiary/aromatic N) is 1. The smallest absolute Gasteiger partial charge is 0.00951 e. The van der Waals surface area contributed by atoms with Crippen molar-refractivity contribution >= 4 is 17.0 Å². The first-order valence-corrected chi connectivity index (χ1v) is 5.62. The van der Waals surface area contributed by atoms with Crippen LogP contribution in [0.15, 0.2) is 0 Å². The second kappa shape index (κ2) is 7.81. The molecule has 0 N–H and O–H groups in total. The Morgan fingerprint density at radius 3 is 2.62 bits per heavy atom. The van der Waals surface area contributed by atoms with Gasteiger partial charge in [0.25, 0.3) is 0 Å². The largest absolute Gasteiger partial charge is 0.301 e. The number of unbranched alkanes of at least 4 members (excludes halogenated alkanes) is 1. The van der Waals surface area contributed by atoms with Crippen molar-refractivity contribution in [2.45, 2.75) is 58.4 Å². The molecule has 1 aliphatic rings. The molecule has 1 heterocycles. The first-order chi connectivity index (χ1) is 5.88. The van der Waals surface area contributed by atoms with E-state index in [2.05, 4.69) is 18.7 Å². The highest BCUT2D eigenvalue weighted by molar-refractivity contribution is 8.93. The van der Waals surface area contributed by atoms with Crippen molar-refractivity contribution in [3.8, 4) is 0 Å². The molecule has 1 saturated heterocycles. The lowest BCUT2D eigenvalue weighted by atomic mass is 9.97. The highest BCUT2D eigenvalue weighted by Gasteiger charge is 2.19. The molecule has 1 fully saturated rings. The molecule has 2 heteroatoms. The third-order valence-electron chi connectivity index (χ3n) is 3.05. The van der Waals surface area contributed by atoms with Gasteiger partial charge in [-0.15, -0.1) is 17.0 Å². The molecule has 1 nitrogen and oxygen atoms in total. The topological polar surface area (TPSA) is 3.24 Å². The Labute approximate surface area is 93.7 Å². The zero-order chi connectivity index (χ0) is 8.81. The number of likely N-dealkylation sites (tertiary alicyclic amines) is 1. The molecule has 1 aliphatic heterocycles. The van der Waals surface area contributed by atoms with E-state index in [-0.39, 0.29) is 17.0 Å². The van der Waals surface area contributed by atoms with Gasteiger partial charge in [-0.3, -0.25) is 0 Å². The maximum absolute atomic E-state index is 2.67. The number of piperidine rings is 1. The Bertz CT molecular complexity index is 117. The number of halogens is 1. The van der Waals surface area contributed by atoms with Crippen LogP contribution in [0.3, 0.4) is 0 Å². The molecule has 0 radical (unpaired) electrons. The zero-order valence-electron chi connectivity index (χ0n) is 9.09. The quantitative estimate of drug-likeness (QED) is 0.736. The van der Waals surface area contributed by atoms with Crippen molar-refractivity contribution in [2.24, 2.45) is 0 Å². The summed E-state index contributed by atoms with van der Waals surface area (Å²) in [6.07, 6.45) is 8.55. The van der Waals surface area contributed by atoms with Gasteiger partial charge >= 0.3 is 0 Å². The van der Waals surface area contributed by atoms with Crippen LogP contribution >= 0.6 is 17.0 Å². The summed E-state index contributed by atoms with van der Waals surface area (Å²) in [4.78, 5) is 2.67. The monoisotopic (exact) mass is 249 g/mol. The molecule has 0 bridgehead atoms. The lowest BCUT2D eigenvalue weighted by molar-refractivity contribution is 0.146. The van der Waals surface area contributed by atoms with Gasteiger partial charge in [0.2, 0.25) is 0 Å². The van der Waals surface area contributed by atoms with Gasteiger partial charge in [0, 0.05) is 6.04 Å². The van der Waals surface area contributed by atoms with Crippen LogP contribution in [0.1, 0.15) is 52.4 Å². The van der Waals surface area contributed by atoms with Crippen LogP contribution in [0, 0.1) is 0 Å². The van der Waals surface area contributed by atoms with Gasteiger partial charge in [-0.25, -0.2) is 0 Å². The Balaban J connectivity index is 0.00000144. The summed E-state index contributed by atoms with van der Waals surface area (Å²) in [5.41, 5.74) is 0. The highest BCUT2D eigenvalue weighted by atomic mass is 79.9. The van der Waals surface area contributed by atoms with Gasteiger partial charge in [0.05, 0.1) is 0 Å². The first kappa shape index (κ1) is 13.4. The lowest BCUT2D eigenvalue weighted by Crippen LogP contribution is -2.39. The predicted octanol–water partition coefficient (Wildman–Crippen LogP) is 3.63. The number of hydrogen-bond donors (Lipinski definition) is 0. The van der Waals surface area contributed by atoms with Crippen LogP contribution in [-0.2, 0) is 0 Å². The fraction of sp³-hybridized carbons (Fsp3) is 1.00. The molecule has 1 unspecified atom stereocenters. The molecule has 1 rings (SSSR count). The molecule has 0 aromatic heterocycles. The van der Waals surface area contributed by atoms with E-state index in [1.807, 2.05) is 0 Å². The van der Waals surface area contributed by atoms with Crippen LogP contribution in [0.5, 0.6) is 0 Å². The minimum Gasteiger partial charge on any atom is -0.301 e. The summed E-state index contributed by atoms with van der Waals surface area (Å²) in [5, 5.41) is 0. The van der Waals surface area contributed by atoms with Crippen LogP contribution in [0.4, 0.5) is 0 Å². The summed E-state index contributed by atoms with van der Waals surface area (Å²) in [6, 6.07) is 0.920. The third kappa shape index (κ3) is 4.46. The Morgan fingerprint density at radius 2 is 2.00 bits per heavy atom. The van der Waals surface area contributed by atoms with E-state index in [0.29, 0.717) is 0 Å². The molecular weight excluding hydrogens is 226 g/mol. The Kier molecular flexibility index (Phi) is 8.07. The number of rotatable bonds is 4. The van der Waals surface area contributed by atoms with Crippen molar-refractivity contribution in [3.05, 3.63) is 0 Å². The van der Waals surface area contributed by atoms with Crippen molar-refractivity contribution < 1.29 is 0 Å². The summed E-state index contributed by atoms with van der Waals surface area (Å²) in [7, 11) is 0. The lowest BCUT2D eigenvalue weighted by Gasteiger charge is -2.34. The van der Waals surface area contributed by atoms with Gasteiger partial charge in [-0.1, -0.05) is 33.1 Å².